The molecule has 2 aliphatic heterocycles. The Morgan fingerprint density at radius 2 is 1.88 bits per heavy atom. The monoisotopic (exact) mass is 375 g/mol. The second-order valence-electron chi connectivity index (χ2n) is 5.08. The molecule has 2 aromatic carbocycles. The van der Waals surface area contributed by atoms with E-state index in [4.69, 9.17) is 33.3 Å². The van der Waals surface area contributed by atoms with Crippen molar-refractivity contribution in [1.82, 2.24) is 0 Å². The van der Waals surface area contributed by atoms with Crippen LogP contribution in [0.3, 0.4) is 0 Å². The topological polar surface area (TPSA) is 38.8 Å². The number of amides is 1. The fourth-order valence-corrected chi connectivity index (χ4v) is 3.95. The number of hydrogen-bond acceptors (Lipinski definition) is 5. The quantitative estimate of drug-likeness (QED) is 0.571. The van der Waals surface area contributed by atoms with Crippen molar-refractivity contribution in [3.05, 3.63) is 58.0 Å². The normalized spacial score (nSPS) is 17.9. The van der Waals surface area contributed by atoms with Gasteiger partial charge in [-0.2, -0.15) is 0 Å². The molecule has 0 spiro atoms. The smallest absolute Gasteiger partial charge is 0.270 e. The van der Waals surface area contributed by atoms with Crippen molar-refractivity contribution in [3.63, 3.8) is 0 Å². The molecule has 0 radical (unpaired) electrons. The first-order valence-corrected chi connectivity index (χ1v) is 8.66. The number of benzene rings is 2. The minimum absolute atomic E-state index is 0.162. The summed E-state index contributed by atoms with van der Waals surface area (Å²) in [4.78, 5) is 14.8. The predicted octanol–water partition coefficient (Wildman–Crippen LogP) is 4.47. The Morgan fingerprint density at radius 1 is 1.17 bits per heavy atom. The van der Waals surface area contributed by atoms with Crippen LogP contribution in [0.4, 0.5) is 5.69 Å². The highest BCUT2D eigenvalue weighted by Crippen LogP contribution is 2.40. The number of anilines is 1. The number of carbonyl (C=O) groups excluding carboxylic acids is 1. The molecule has 0 saturated carbocycles. The highest BCUT2D eigenvalue weighted by molar-refractivity contribution is 8.27. The van der Waals surface area contributed by atoms with Gasteiger partial charge in [0, 0.05) is 6.07 Å². The van der Waals surface area contributed by atoms with Gasteiger partial charge in [0.2, 0.25) is 6.79 Å². The van der Waals surface area contributed by atoms with Gasteiger partial charge < -0.3 is 9.47 Å². The molecule has 2 aromatic rings. The summed E-state index contributed by atoms with van der Waals surface area (Å²) < 4.78 is 11.1. The maximum atomic E-state index is 12.7. The van der Waals surface area contributed by atoms with Gasteiger partial charge in [-0.05, 0) is 29.8 Å². The number of rotatable bonds is 2. The van der Waals surface area contributed by atoms with Crippen LogP contribution in [-0.4, -0.2) is 17.0 Å². The fourth-order valence-electron chi connectivity index (χ4n) is 2.45. The standard InChI is InChI=1S/C17H10ClNO3S2/c18-12-8-14-13(21-9-22-14)6-10(12)7-15-16(20)19(17(23)24-15)11-4-2-1-3-5-11/h1-8H,9H2. The van der Waals surface area contributed by atoms with Crippen LogP contribution in [0.1, 0.15) is 5.56 Å². The lowest BCUT2D eigenvalue weighted by atomic mass is 10.1. The van der Waals surface area contributed by atoms with E-state index in [9.17, 15) is 4.79 Å². The van der Waals surface area contributed by atoms with Crippen molar-refractivity contribution in [2.24, 2.45) is 0 Å². The number of hydrogen-bond donors (Lipinski definition) is 0. The largest absolute Gasteiger partial charge is 0.454 e. The summed E-state index contributed by atoms with van der Waals surface area (Å²) in [5.74, 6) is 1.06. The Hall–Kier alpha value is -2.02. The number of halogens is 1. The Labute approximate surface area is 153 Å². The van der Waals surface area contributed by atoms with Crippen LogP contribution < -0.4 is 14.4 Å². The van der Waals surface area contributed by atoms with Crippen LogP contribution in [0.15, 0.2) is 47.4 Å². The highest BCUT2D eigenvalue weighted by atomic mass is 35.5. The SMILES string of the molecule is O=C1C(=Cc2cc3c(cc2Cl)OCO3)SC(=S)N1c1ccccc1. The first-order valence-electron chi connectivity index (χ1n) is 7.05. The molecule has 1 saturated heterocycles. The molecule has 0 aliphatic carbocycles. The molecule has 1 amide bonds. The summed E-state index contributed by atoms with van der Waals surface area (Å²) in [5, 5.41) is 0.490. The molecule has 1 fully saturated rings. The Kier molecular flexibility index (Phi) is 3.96. The van der Waals surface area contributed by atoms with Crippen LogP contribution in [0.2, 0.25) is 5.02 Å². The molecule has 0 bridgehead atoms. The predicted molar refractivity (Wildman–Crippen MR) is 99.7 cm³/mol. The molecule has 0 N–H and O–H groups in total. The van der Waals surface area contributed by atoms with Gasteiger partial charge in [-0.15, -0.1) is 0 Å². The first kappa shape index (κ1) is 15.5. The number of nitrogens with zero attached hydrogens (tertiary/aromatic N) is 1. The third-order valence-electron chi connectivity index (χ3n) is 3.59. The molecule has 2 aliphatic rings. The zero-order chi connectivity index (χ0) is 16.7. The second kappa shape index (κ2) is 6.12. The van der Waals surface area contributed by atoms with Crippen molar-refractivity contribution in [3.8, 4) is 11.5 Å². The first-order chi connectivity index (χ1) is 11.6. The van der Waals surface area contributed by atoms with Crippen molar-refractivity contribution in [2.75, 3.05) is 11.7 Å². The molecular weight excluding hydrogens is 366 g/mol. The summed E-state index contributed by atoms with van der Waals surface area (Å²) in [7, 11) is 0. The lowest BCUT2D eigenvalue weighted by molar-refractivity contribution is -0.113. The molecule has 4 rings (SSSR count). The van der Waals surface area contributed by atoms with E-state index in [1.807, 2.05) is 30.3 Å². The molecule has 24 heavy (non-hydrogen) atoms. The molecule has 0 unspecified atom stereocenters. The van der Waals surface area contributed by atoms with E-state index in [2.05, 4.69) is 0 Å². The second-order valence-corrected chi connectivity index (χ2v) is 7.16. The third kappa shape index (κ3) is 2.66. The van der Waals surface area contributed by atoms with E-state index in [0.717, 1.165) is 5.69 Å². The maximum Gasteiger partial charge on any atom is 0.270 e. The van der Waals surface area contributed by atoms with Gasteiger partial charge in [0.15, 0.2) is 15.8 Å². The van der Waals surface area contributed by atoms with Gasteiger partial charge in [-0.3, -0.25) is 9.69 Å². The van der Waals surface area contributed by atoms with E-state index < -0.39 is 0 Å². The number of ether oxygens (including phenoxy) is 2. The number of thiocarbonyl (C=S) groups is 1. The number of para-hydroxylation sites is 1. The van der Waals surface area contributed by atoms with Gasteiger partial charge in [-0.1, -0.05) is 53.8 Å². The number of carbonyl (C=O) groups is 1. The Morgan fingerprint density at radius 3 is 2.62 bits per heavy atom. The minimum atomic E-state index is -0.162. The lowest BCUT2D eigenvalue weighted by Crippen LogP contribution is -2.27. The summed E-state index contributed by atoms with van der Waals surface area (Å²) in [5.41, 5.74) is 1.44. The third-order valence-corrected chi connectivity index (χ3v) is 5.22. The molecule has 0 atom stereocenters. The number of thioether (sulfide) groups is 1. The van der Waals surface area contributed by atoms with Crippen LogP contribution in [-0.2, 0) is 4.79 Å². The van der Waals surface area contributed by atoms with Gasteiger partial charge in [0.25, 0.3) is 5.91 Å². The van der Waals surface area contributed by atoms with Crippen LogP contribution in [0.5, 0.6) is 11.5 Å². The Balaban J connectivity index is 1.70. The average Bonchev–Trinajstić information content (AvgIpc) is 3.13. The van der Waals surface area contributed by atoms with Crippen LogP contribution >= 0.6 is 35.6 Å². The van der Waals surface area contributed by atoms with E-state index >= 15 is 0 Å². The molecule has 0 aromatic heterocycles. The fraction of sp³-hybridized carbons (Fsp3) is 0.0588. The summed E-state index contributed by atoms with van der Waals surface area (Å²) in [6.45, 7) is 0.172. The molecule has 4 nitrogen and oxygen atoms in total. The van der Waals surface area contributed by atoms with E-state index in [1.165, 1.54) is 16.7 Å². The lowest BCUT2D eigenvalue weighted by Gasteiger charge is -2.13. The molecule has 7 heteroatoms. The molecular formula is C17H10ClNO3S2. The zero-order valence-electron chi connectivity index (χ0n) is 12.2. The minimum Gasteiger partial charge on any atom is -0.454 e. The van der Waals surface area contributed by atoms with Crippen LogP contribution in [0.25, 0.3) is 6.08 Å². The van der Waals surface area contributed by atoms with Crippen molar-refractivity contribution in [2.45, 2.75) is 0 Å². The van der Waals surface area contributed by atoms with Gasteiger partial charge in [0.05, 0.1) is 15.6 Å². The molecule has 120 valence electrons. The van der Waals surface area contributed by atoms with Crippen molar-refractivity contribution >= 4 is 57.6 Å². The average molecular weight is 376 g/mol. The van der Waals surface area contributed by atoms with E-state index in [1.54, 1.807) is 18.2 Å². The Bertz CT molecular complexity index is 883. The highest BCUT2D eigenvalue weighted by Gasteiger charge is 2.33. The van der Waals surface area contributed by atoms with Gasteiger partial charge >= 0.3 is 0 Å². The van der Waals surface area contributed by atoms with Crippen LogP contribution in [0, 0.1) is 0 Å². The molecule has 2 heterocycles. The zero-order valence-corrected chi connectivity index (χ0v) is 14.6. The van der Waals surface area contributed by atoms with Crippen molar-refractivity contribution < 1.29 is 14.3 Å². The number of fused-ring (bicyclic) bond motifs is 1. The maximum absolute atomic E-state index is 12.7. The van der Waals surface area contributed by atoms with E-state index in [-0.39, 0.29) is 12.7 Å². The van der Waals surface area contributed by atoms with E-state index in [0.29, 0.717) is 31.3 Å². The van der Waals surface area contributed by atoms with Gasteiger partial charge in [0.1, 0.15) is 0 Å². The summed E-state index contributed by atoms with van der Waals surface area (Å²) in [6.07, 6.45) is 1.73. The van der Waals surface area contributed by atoms with Gasteiger partial charge in [-0.25, -0.2) is 0 Å². The summed E-state index contributed by atoms with van der Waals surface area (Å²) in [6, 6.07) is 12.8. The summed E-state index contributed by atoms with van der Waals surface area (Å²) >= 11 is 12.9. The van der Waals surface area contributed by atoms with Crippen molar-refractivity contribution in [1.29, 1.82) is 0 Å².